The molecule has 0 aliphatic rings. The lowest BCUT2D eigenvalue weighted by atomic mass is 9.95. The number of pyridine rings is 1. The molecule has 0 amide bonds. The van der Waals surface area contributed by atoms with Crippen molar-refractivity contribution in [3.63, 3.8) is 0 Å². The zero-order valence-corrected chi connectivity index (χ0v) is 10.5. The maximum Gasteiger partial charge on any atom is 0.256 e. The Morgan fingerprint density at radius 1 is 1.29 bits per heavy atom. The van der Waals surface area contributed by atoms with Gasteiger partial charge in [0.05, 0.1) is 5.52 Å². The van der Waals surface area contributed by atoms with Crippen molar-refractivity contribution in [1.29, 1.82) is 0 Å². The van der Waals surface area contributed by atoms with E-state index in [2.05, 4.69) is 0 Å². The predicted octanol–water partition coefficient (Wildman–Crippen LogP) is 2.22. The smallest absolute Gasteiger partial charge is 0.256 e. The average molecular weight is 230 g/mol. The van der Waals surface area contributed by atoms with Gasteiger partial charge in [-0.3, -0.25) is 4.79 Å². The number of rotatable bonds is 2. The molecule has 3 heteroatoms. The van der Waals surface area contributed by atoms with Gasteiger partial charge in [0.2, 0.25) is 0 Å². The summed E-state index contributed by atoms with van der Waals surface area (Å²) in [5.41, 5.74) is 7.09. The molecule has 17 heavy (non-hydrogen) atoms. The van der Waals surface area contributed by atoms with E-state index < -0.39 is 5.54 Å². The number of benzene rings is 1. The fourth-order valence-electron chi connectivity index (χ4n) is 2.10. The third-order valence-corrected chi connectivity index (χ3v) is 3.01. The Kier molecular flexibility index (Phi) is 2.79. The van der Waals surface area contributed by atoms with Crippen molar-refractivity contribution in [2.45, 2.75) is 32.9 Å². The van der Waals surface area contributed by atoms with Gasteiger partial charge in [-0.15, -0.1) is 0 Å². The van der Waals surface area contributed by atoms with Gasteiger partial charge in [0.1, 0.15) is 0 Å². The number of nitrogens with zero attached hydrogens (tertiary/aromatic N) is 1. The molecule has 0 saturated heterocycles. The molecule has 90 valence electrons. The standard InChI is InChI=1S/C14H18N2O/c1-4-16-12-8-6-5-7-10(12)9-11(13(16)17)14(2,3)15/h5-9H,4,15H2,1-3H3. The molecule has 0 aliphatic carbocycles. The number of hydrogen-bond acceptors (Lipinski definition) is 2. The Balaban J connectivity index is 2.90. The van der Waals surface area contributed by atoms with Crippen LogP contribution in [0.1, 0.15) is 26.3 Å². The molecule has 0 atom stereocenters. The number of aromatic nitrogens is 1. The van der Waals surface area contributed by atoms with Crippen LogP contribution in [0.4, 0.5) is 0 Å². The molecule has 0 spiro atoms. The fourth-order valence-corrected chi connectivity index (χ4v) is 2.10. The molecule has 1 aromatic carbocycles. The summed E-state index contributed by atoms with van der Waals surface area (Å²) >= 11 is 0. The van der Waals surface area contributed by atoms with Gasteiger partial charge in [-0.05, 0) is 38.3 Å². The van der Waals surface area contributed by atoms with Gasteiger partial charge in [0.15, 0.2) is 0 Å². The molecule has 2 rings (SSSR count). The van der Waals surface area contributed by atoms with Crippen molar-refractivity contribution >= 4 is 10.9 Å². The molecule has 0 bridgehead atoms. The van der Waals surface area contributed by atoms with E-state index in [9.17, 15) is 4.79 Å². The second-order valence-electron chi connectivity index (χ2n) is 4.89. The molecule has 1 aromatic heterocycles. The molecular formula is C14H18N2O. The van der Waals surface area contributed by atoms with Gasteiger partial charge in [0.25, 0.3) is 5.56 Å². The zero-order valence-electron chi connectivity index (χ0n) is 10.5. The van der Waals surface area contributed by atoms with Crippen LogP contribution in [0, 0.1) is 0 Å². The van der Waals surface area contributed by atoms with Gasteiger partial charge < -0.3 is 10.3 Å². The normalized spacial score (nSPS) is 12.0. The highest BCUT2D eigenvalue weighted by Crippen LogP contribution is 2.19. The summed E-state index contributed by atoms with van der Waals surface area (Å²) in [7, 11) is 0. The predicted molar refractivity (Wildman–Crippen MR) is 71.1 cm³/mol. The molecule has 2 aromatic rings. The lowest BCUT2D eigenvalue weighted by Gasteiger charge is -2.20. The van der Waals surface area contributed by atoms with Crippen molar-refractivity contribution in [2.75, 3.05) is 0 Å². The summed E-state index contributed by atoms with van der Waals surface area (Å²) < 4.78 is 1.78. The van der Waals surface area contributed by atoms with Gasteiger partial charge in [0, 0.05) is 17.6 Å². The van der Waals surface area contributed by atoms with Crippen LogP contribution in [-0.4, -0.2) is 4.57 Å². The quantitative estimate of drug-likeness (QED) is 0.860. The molecule has 0 saturated carbocycles. The van der Waals surface area contributed by atoms with Gasteiger partial charge in [-0.2, -0.15) is 0 Å². The van der Waals surface area contributed by atoms with Crippen LogP contribution in [0.3, 0.4) is 0 Å². The zero-order chi connectivity index (χ0) is 12.6. The molecule has 1 heterocycles. The van der Waals surface area contributed by atoms with Crippen molar-refractivity contribution < 1.29 is 0 Å². The Bertz CT molecular complexity index is 606. The van der Waals surface area contributed by atoms with E-state index in [1.807, 2.05) is 51.1 Å². The Morgan fingerprint density at radius 2 is 1.94 bits per heavy atom. The van der Waals surface area contributed by atoms with E-state index in [-0.39, 0.29) is 5.56 Å². The van der Waals surface area contributed by atoms with E-state index in [4.69, 9.17) is 5.73 Å². The minimum absolute atomic E-state index is 0.0127. The minimum atomic E-state index is -0.613. The van der Waals surface area contributed by atoms with Gasteiger partial charge in [-0.25, -0.2) is 0 Å². The molecule has 0 radical (unpaired) electrons. The molecule has 3 nitrogen and oxygen atoms in total. The van der Waals surface area contributed by atoms with Crippen LogP contribution in [0.5, 0.6) is 0 Å². The number of aryl methyl sites for hydroxylation is 1. The Labute approximate surface area is 101 Å². The van der Waals surface area contributed by atoms with Crippen LogP contribution < -0.4 is 11.3 Å². The van der Waals surface area contributed by atoms with Crippen LogP contribution in [0.15, 0.2) is 35.1 Å². The van der Waals surface area contributed by atoms with Crippen LogP contribution in [0.25, 0.3) is 10.9 Å². The maximum atomic E-state index is 12.3. The Hall–Kier alpha value is -1.61. The van der Waals surface area contributed by atoms with Crippen molar-refractivity contribution in [1.82, 2.24) is 4.57 Å². The van der Waals surface area contributed by atoms with Crippen LogP contribution in [0.2, 0.25) is 0 Å². The number of para-hydroxylation sites is 1. The van der Waals surface area contributed by atoms with E-state index in [0.717, 1.165) is 10.9 Å². The summed E-state index contributed by atoms with van der Waals surface area (Å²) in [6.07, 6.45) is 0. The number of nitrogens with two attached hydrogens (primary N) is 1. The van der Waals surface area contributed by atoms with E-state index >= 15 is 0 Å². The maximum absolute atomic E-state index is 12.3. The highest BCUT2D eigenvalue weighted by Gasteiger charge is 2.20. The first-order valence-corrected chi connectivity index (χ1v) is 5.87. The van der Waals surface area contributed by atoms with Crippen molar-refractivity contribution in [2.24, 2.45) is 5.73 Å². The summed E-state index contributed by atoms with van der Waals surface area (Å²) in [4.78, 5) is 12.3. The first kappa shape index (κ1) is 11.9. The van der Waals surface area contributed by atoms with E-state index in [1.165, 1.54) is 0 Å². The highest BCUT2D eigenvalue weighted by molar-refractivity contribution is 5.79. The second-order valence-corrected chi connectivity index (χ2v) is 4.89. The third-order valence-electron chi connectivity index (χ3n) is 3.01. The van der Waals surface area contributed by atoms with E-state index in [0.29, 0.717) is 12.1 Å². The summed E-state index contributed by atoms with van der Waals surface area (Å²) in [6.45, 7) is 6.35. The highest BCUT2D eigenvalue weighted by atomic mass is 16.1. The lowest BCUT2D eigenvalue weighted by Crippen LogP contribution is -2.38. The third kappa shape index (κ3) is 1.98. The lowest BCUT2D eigenvalue weighted by molar-refractivity contribution is 0.539. The van der Waals surface area contributed by atoms with Crippen molar-refractivity contribution in [3.8, 4) is 0 Å². The topological polar surface area (TPSA) is 48.0 Å². The SMILES string of the molecule is CCn1c(=O)c(C(C)(C)N)cc2ccccc21. The molecular weight excluding hydrogens is 212 g/mol. The van der Waals surface area contributed by atoms with E-state index in [1.54, 1.807) is 4.57 Å². The van der Waals surface area contributed by atoms with Gasteiger partial charge in [-0.1, -0.05) is 18.2 Å². The Morgan fingerprint density at radius 3 is 2.53 bits per heavy atom. The summed E-state index contributed by atoms with van der Waals surface area (Å²) in [5.74, 6) is 0. The van der Waals surface area contributed by atoms with Crippen LogP contribution >= 0.6 is 0 Å². The monoisotopic (exact) mass is 230 g/mol. The molecule has 2 N–H and O–H groups in total. The van der Waals surface area contributed by atoms with Crippen molar-refractivity contribution in [3.05, 3.63) is 46.2 Å². The fraction of sp³-hybridized carbons (Fsp3) is 0.357. The number of fused-ring (bicyclic) bond motifs is 1. The summed E-state index contributed by atoms with van der Waals surface area (Å²) in [6, 6.07) is 9.80. The largest absolute Gasteiger partial charge is 0.322 e. The average Bonchev–Trinajstić information content (AvgIpc) is 2.27. The van der Waals surface area contributed by atoms with Crippen LogP contribution in [-0.2, 0) is 12.1 Å². The summed E-state index contributed by atoms with van der Waals surface area (Å²) in [5, 5.41) is 1.06. The minimum Gasteiger partial charge on any atom is -0.322 e. The van der Waals surface area contributed by atoms with Gasteiger partial charge >= 0.3 is 0 Å². The first-order chi connectivity index (χ1) is 7.95. The second kappa shape index (κ2) is 4.00. The molecule has 0 unspecified atom stereocenters. The molecule has 0 fully saturated rings. The first-order valence-electron chi connectivity index (χ1n) is 5.87. The molecule has 0 aliphatic heterocycles. The number of hydrogen-bond donors (Lipinski definition) is 1.